The van der Waals surface area contributed by atoms with E-state index < -0.39 is 5.60 Å². The summed E-state index contributed by atoms with van der Waals surface area (Å²) in [4.78, 5) is 14.1. The smallest absolute Gasteiger partial charge is 0.277 e. The van der Waals surface area contributed by atoms with Gasteiger partial charge in [-0.05, 0) is 30.5 Å². The number of carbonyl (C=O) groups is 1. The average Bonchev–Trinajstić information content (AvgIpc) is 3.07. The van der Waals surface area contributed by atoms with Crippen molar-refractivity contribution in [1.29, 1.82) is 0 Å². The largest absolute Gasteiger partial charge is 0.416 e. The van der Waals surface area contributed by atoms with Crippen LogP contribution in [0, 0.1) is 12.7 Å². The second kappa shape index (κ2) is 10.2. The van der Waals surface area contributed by atoms with E-state index in [-0.39, 0.29) is 29.9 Å². The second-order valence-corrected chi connectivity index (χ2v) is 7.53. The molecule has 0 bridgehead atoms. The number of aliphatic hydroxyl groups is 1. The Labute approximate surface area is 173 Å². The second-order valence-electron chi connectivity index (χ2n) is 6.61. The molecule has 7 nitrogen and oxygen atoms in total. The van der Waals surface area contributed by atoms with Crippen LogP contribution in [0.4, 0.5) is 4.39 Å². The van der Waals surface area contributed by atoms with E-state index in [2.05, 4.69) is 20.4 Å². The summed E-state index contributed by atoms with van der Waals surface area (Å²) >= 11 is 1.21. The molecule has 0 spiro atoms. The van der Waals surface area contributed by atoms with Gasteiger partial charge in [0, 0.05) is 33.1 Å². The fraction of sp³-hybridized carbons (Fsp3) is 0.500. The molecule has 2 heterocycles. The Morgan fingerprint density at radius 1 is 1.32 bits per heavy atom. The first kappa shape index (κ1) is 22.6. The molecule has 2 aromatic rings. The standard InChI is InChI=1S/C18H23FN4O3S.ClH/c1-13-21-22-17(26-13)27-12-16(24)20-8-11-23-9-6-18(25,7-10-23)14-2-4-15(19)5-3-14;/h2-5,25H,6-12H2,1H3,(H,20,24);1H. The number of likely N-dealkylation sites (tertiary alicyclic amines) is 1. The summed E-state index contributed by atoms with van der Waals surface area (Å²) in [5.74, 6) is 0.313. The minimum atomic E-state index is -0.910. The minimum Gasteiger partial charge on any atom is -0.416 e. The lowest BCUT2D eigenvalue weighted by molar-refractivity contribution is -0.118. The van der Waals surface area contributed by atoms with Gasteiger partial charge in [0.05, 0.1) is 11.4 Å². The monoisotopic (exact) mass is 430 g/mol. The number of piperidine rings is 1. The molecule has 1 aromatic carbocycles. The van der Waals surface area contributed by atoms with Gasteiger partial charge in [-0.25, -0.2) is 4.39 Å². The summed E-state index contributed by atoms with van der Waals surface area (Å²) in [5, 5.41) is 21.6. The van der Waals surface area contributed by atoms with Crippen molar-refractivity contribution < 1.29 is 18.7 Å². The van der Waals surface area contributed by atoms with Gasteiger partial charge < -0.3 is 19.7 Å². The van der Waals surface area contributed by atoms with Crippen molar-refractivity contribution in [2.75, 3.05) is 31.9 Å². The van der Waals surface area contributed by atoms with Crippen LogP contribution < -0.4 is 5.32 Å². The molecule has 2 N–H and O–H groups in total. The van der Waals surface area contributed by atoms with Gasteiger partial charge in [-0.1, -0.05) is 23.9 Å². The maximum atomic E-state index is 13.1. The van der Waals surface area contributed by atoms with Crippen molar-refractivity contribution in [1.82, 2.24) is 20.4 Å². The van der Waals surface area contributed by atoms with E-state index >= 15 is 0 Å². The summed E-state index contributed by atoms with van der Waals surface area (Å²) in [6.07, 6.45) is 1.16. The topological polar surface area (TPSA) is 91.5 Å². The SMILES string of the molecule is Cc1nnc(SCC(=O)NCCN2CCC(O)(c3ccc(F)cc3)CC2)o1.Cl. The predicted octanol–water partition coefficient (Wildman–Crippen LogP) is 2.13. The van der Waals surface area contributed by atoms with Crippen LogP contribution in [0.3, 0.4) is 0 Å². The number of nitrogens with one attached hydrogen (secondary N) is 1. The molecule has 3 rings (SSSR count). The van der Waals surface area contributed by atoms with Crippen molar-refractivity contribution in [2.45, 2.75) is 30.6 Å². The number of amides is 1. The first-order valence-corrected chi connectivity index (χ1v) is 9.83. The molecule has 10 heteroatoms. The molecule has 0 radical (unpaired) electrons. The maximum absolute atomic E-state index is 13.1. The van der Waals surface area contributed by atoms with E-state index in [1.165, 1.54) is 23.9 Å². The van der Waals surface area contributed by atoms with E-state index in [1.54, 1.807) is 19.1 Å². The lowest BCUT2D eigenvalue weighted by atomic mass is 9.84. The van der Waals surface area contributed by atoms with Crippen molar-refractivity contribution in [3.05, 3.63) is 41.5 Å². The highest BCUT2D eigenvalue weighted by Gasteiger charge is 2.33. The number of hydrogen-bond acceptors (Lipinski definition) is 7. The molecule has 0 saturated carbocycles. The van der Waals surface area contributed by atoms with Crippen molar-refractivity contribution in [3.8, 4) is 0 Å². The Morgan fingerprint density at radius 3 is 2.61 bits per heavy atom. The molecule has 1 amide bonds. The Kier molecular flexibility index (Phi) is 8.23. The van der Waals surface area contributed by atoms with E-state index in [9.17, 15) is 14.3 Å². The van der Waals surface area contributed by atoms with E-state index in [0.717, 1.165) is 25.2 Å². The molecule has 0 aliphatic carbocycles. The molecule has 154 valence electrons. The van der Waals surface area contributed by atoms with Crippen LogP contribution in [0.2, 0.25) is 0 Å². The Bertz CT molecular complexity index is 766. The van der Waals surface area contributed by atoms with Crippen LogP contribution in [-0.4, -0.2) is 58.0 Å². The molecule has 1 aliphatic heterocycles. The summed E-state index contributed by atoms with van der Waals surface area (Å²) in [6, 6.07) is 6.05. The van der Waals surface area contributed by atoms with Gasteiger partial charge >= 0.3 is 0 Å². The predicted molar refractivity (Wildman–Crippen MR) is 106 cm³/mol. The number of rotatable bonds is 7. The third kappa shape index (κ3) is 6.16. The Hall–Kier alpha value is -1.68. The third-order valence-electron chi connectivity index (χ3n) is 4.65. The van der Waals surface area contributed by atoms with Crippen LogP contribution in [0.15, 0.2) is 33.9 Å². The Morgan fingerprint density at radius 2 is 2.00 bits per heavy atom. The van der Waals surface area contributed by atoms with E-state index in [1.807, 2.05) is 0 Å². The van der Waals surface area contributed by atoms with Gasteiger partial charge in [-0.3, -0.25) is 4.79 Å². The van der Waals surface area contributed by atoms with Gasteiger partial charge in [0.15, 0.2) is 0 Å². The number of thioether (sulfide) groups is 1. The van der Waals surface area contributed by atoms with Crippen LogP contribution in [0.5, 0.6) is 0 Å². The third-order valence-corrected chi connectivity index (χ3v) is 5.47. The zero-order chi connectivity index (χ0) is 19.3. The first-order chi connectivity index (χ1) is 12.9. The zero-order valence-corrected chi connectivity index (χ0v) is 17.2. The summed E-state index contributed by atoms with van der Waals surface area (Å²) in [7, 11) is 0. The highest BCUT2D eigenvalue weighted by molar-refractivity contribution is 7.99. The molecule has 1 fully saturated rings. The van der Waals surface area contributed by atoms with Gasteiger partial charge in [-0.15, -0.1) is 22.6 Å². The van der Waals surface area contributed by atoms with Crippen molar-refractivity contribution >= 4 is 30.1 Å². The molecule has 1 aliphatic rings. The van der Waals surface area contributed by atoms with Crippen LogP contribution in [-0.2, 0) is 10.4 Å². The normalized spacial score (nSPS) is 16.4. The van der Waals surface area contributed by atoms with Gasteiger partial charge in [0.2, 0.25) is 11.8 Å². The molecule has 0 atom stereocenters. The summed E-state index contributed by atoms with van der Waals surface area (Å²) < 4.78 is 18.3. The van der Waals surface area contributed by atoms with Crippen LogP contribution >= 0.6 is 24.2 Å². The molecule has 28 heavy (non-hydrogen) atoms. The lowest BCUT2D eigenvalue weighted by Gasteiger charge is -2.38. The Balaban J connectivity index is 0.00000280. The van der Waals surface area contributed by atoms with Gasteiger partial charge in [-0.2, -0.15) is 0 Å². The quantitative estimate of drug-likeness (QED) is 0.650. The molecular weight excluding hydrogens is 407 g/mol. The van der Waals surface area contributed by atoms with Crippen molar-refractivity contribution in [3.63, 3.8) is 0 Å². The fourth-order valence-electron chi connectivity index (χ4n) is 3.06. The van der Waals surface area contributed by atoms with Crippen LogP contribution in [0.25, 0.3) is 0 Å². The number of aromatic nitrogens is 2. The van der Waals surface area contributed by atoms with E-state index in [4.69, 9.17) is 4.42 Å². The van der Waals surface area contributed by atoms with Gasteiger partial charge in [0.1, 0.15) is 5.82 Å². The number of aryl methyl sites for hydroxylation is 1. The highest BCUT2D eigenvalue weighted by atomic mass is 35.5. The number of nitrogens with zero attached hydrogens (tertiary/aromatic N) is 3. The van der Waals surface area contributed by atoms with Crippen LogP contribution in [0.1, 0.15) is 24.3 Å². The zero-order valence-electron chi connectivity index (χ0n) is 15.6. The number of benzene rings is 1. The lowest BCUT2D eigenvalue weighted by Crippen LogP contribution is -2.45. The first-order valence-electron chi connectivity index (χ1n) is 8.85. The fourth-order valence-corrected chi connectivity index (χ4v) is 3.70. The molecule has 1 aromatic heterocycles. The number of halogens is 2. The summed E-state index contributed by atoms with van der Waals surface area (Å²) in [6.45, 7) is 4.40. The average molecular weight is 431 g/mol. The molecule has 1 saturated heterocycles. The van der Waals surface area contributed by atoms with Gasteiger partial charge in [0.25, 0.3) is 5.22 Å². The summed E-state index contributed by atoms with van der Waals surface area (Å²) in [5.41, 5.74) is -0.156. The minimum absolute atomic E-state index is 0. The van der Waals surface area contributed by atoms with E-state index in [0.29, 0.717) is 30.5 Å². The molecule has 0 unspecified atom stereocenters. The molecular formula is C18H24ClFN4O3S. The highest BCUT2D eigenvalue weighted by Crippen LogP contribution is 2.32. The number of carbonyl (C=O) groups excluding carboxylic acids is 1. The maximum Gasteiger partial charge on any atom is 0.277 e. The van der Waals surface area contributed by atoms with Crippen molar-refractivity contribution in [2.24, 2.45) is 0 Å². The number of hydrogen-bond donors (Lipinski definition) is 2.